The monoisotopic (exact) mass is 445 g/mol. The highest BCUT2D eigenvalue weighted by Crippen LogP contribution is 2.26. The van der Waals surface area contributed by atoms with E-state index in [1.165, 1.54) is 0 Å². The molecule has 4 aromatic heterocycles. The number of amides is 1. The quantitative estimate of drug-likeness (QED) is 0.515. The van der Waals surface area contributed by atoms with Crippen molar-refractivity contribution in [1.82, 2.24) is 24.8 Å². The van der Waals surface area contributed by atoms with Crippen LogP contribution >= 0.6 is 11.3 Å². The molecule has 5 rings (SSSR count). The van der Waals surface area contributed by atoms with Crippen molar-refractivity contribution < 1.29 is 4.79 Å². The van der Waals surface area contributed by atoms with E-state index < -0.39 is 0 Å². The first-order valence-corrected chi connectivity index (χ1v) is 11.3. The summed E-state index contributed by atoms with van der Waals surface area (Å²) in [6.45, 7) is 5.78. The Kier molecular flexibility index (Phi) is 5.50. The molecule has 0 atom stereocenters. The standard InChI is InChI=1S/C23H23N7OS/c1-15-12-27-23(32-15)19-9-17-10-20(26-14-18(17)13-25-19)28-22(31)16-3-4-24-21(11-16)30-7-5-29(2)6-8-30/h3-4,9-14H,5-8H2,1-2H3,(H,26,28,31). The second-order valence-corrected chi connectivity index (χ2v) is 9.14. The highest BCUT2D eigenvalue weighted by molar-refractivity contribution is 7.14. The molecule has 32 heavy (non-hydrogen) atoms. The number of fused-ring (bicyclic) bond motifs is 1. The number of carbonyl (C=O) groups excluding carboxylic acids is 1. The van der Waals surface area contributed by atoms with Crippen molar-refractivity contribution in [2.24, 2.45) is 0 Å². The van der Waals surface area contributed by atoms with E-state index in [0.717, 1.165) is 58.3 Å². The number of hydrogen-bond donors (Lipinski definition) is 1. The van der Waals surface area contributed by atoms with Crippen LogP contribution in [-0.4, -0.2) is 64.0 Å². The largest absolute Gasteiger partial charge is 0.354 e. The third-order valence-electron chi connectivity index (χ3n) is 5.52. The van der Waals surface area contributed by atoms with Crippen LogP contribution in [0.4, 0.5) is 11.6 Å². The summed E-state index contributed by atoms with van der Waals surface area (Å²) in [6.07, 6.45) is 7.03. The highest BCUT2D eigenvalue weighted by Gasteiger charge is 2.17. The zero-order valence-electron chi connectivity index (χ0n) is 17.9. The van der Waals surface area contributed by atoms with E-state index in [2.05, 4.69) is 42.1 Å². The average Bonchev–Trinajstić information content (AvgIpc) is 3.25. The van der Waals surface area contributed by atoms with Gasteiger partial charge in [0.15, 0.2) is 0 Å². The summed E-state index contributed by atoms with van der Waals surface area (Å²) in [5.74, 6) is 1.11. The second kappa shape index (κ2) is 8.60. The molecule has 0 saturated carbocycles. The Balaban J connectivity index is 1.36. The fraction of sp³-hybridized carbons (Fsp3) is 0.261. The van der Waals surface area contributed by atoms with Crippen molar-refractivity contribution in [3.63, 3.8) is 0 Å². The maximum Gasteiger partial charge on any atom is 0.257 e. The number of aromatic nitrogens is 4. The Morgan fingerprint density at radius 3 is 2.56 bits per heavy atom. The summed E-state index contributed by atoms with van der Waals surface area (Å²) in [7, 11) is 2.11. The third kappa shape index (κ3) is 4.30. The fourth-order valence-electron chi connectivity index (χ4n) is 3.65. The molecule has 1 aliphatic heterocycles. The molecule has 1 saturated heterocycles. The molecule has 0 spiro atoms. The van der Waals surface area contributed by atoms with E-state index in [1.54, 1.807) is 36.0 Å². The van der Waals surface area contributed by atoms with Crippen LogP contribution < -0.4 is 10.2 Å². The van der Waals surface area contributed by atoms with E-state index in [1.807, 2.05) is 31.3 Å². The average molecular weight is 446 g/mol. The first-order chi connectivity index (χ1) is 15.5. The molecule has 5 heterocycles. The van der Waals surface area contributed by atoms with Crippen LogP contribution in [0, 0.1) is 6.92 Å². The summed E-state index contributed by atoms with van der Waals surface area (Å²) >= 11 is 1.60. The predicted octanol–water partition coefficient (Wildman–Crippen LogP) is 3.46. The number of piperazine rings is 1. The smallest absolute Gasteiger partial charge is 0.257 e. The number of carbonyl (C=O) groups is 1. The van der Waals surface area contributed by atoms with Crippen LogP contribution in [0.25, 0.3) is 21.5 Å². The number of rotatable bonds is 4. The van der Waals surface area contributed by atoms with Gasteiger partial charge in [-0.2, -0.15) is 0 Å². The lowest BCUT2D eigenvalue weighted by molar-refractivity contribution is 0.102. The van der Waals surface area contributed by atoms with Crippen LogP contribution in [0.2, 0.25) is 0 Å². The summed E-state index contributed by atoms with van der Waals surface area (Å²) in [5.41, 5.74) is 1.37. The Hall–Kier alpha value is -3.43. The second-order valence-electron chi connectivity index (χ2n) is 7.91. The van der Waals surface area contributed by atoms with E-state index in [4.69, 9.17) is 0 Å². The Morgan fingerprint density at radius 2 is 1.78 bits per heavy atom. The summed E-state index contributed by atoms with van der Waals surface area (Å²) in [4.78, 5) is 36.3. The van der Waals surface area contributed by atoms with Gasteiger partial charge in [0, 0.05) is 66.8 Å². The van der Waals surface area contributed by atoms with Crippen molar-refractivity contribution in [2.45, 2.75) is 6.92 Å². The molecular formula is C23H23N7OS. The Bertz CT molecular complexity index is 1280. The molecule has 162 valence electrons. The number of anilines is 2. The molecule has 0 aromatic carbocycles. The van der Waals surface area contributed by atoms with Crippen molar-refractivity contribution >= 4 is 39.7 Å². The van der Waals surface area contributed by atoms with Gasteiger partial charge in [-0.25, -0.2) is 15.0 Å². The highest BCUT2D eigenvalue weighted by atomic mass is 32.1. The maximum atomic E-state index is 12.9. The molecule has 9 heteroatoms. The van der Waals surface area contributed by atoms with Gasteiger partial charge in [-0.05, 0) is 43.6 Å². The minimum atomic E-state index is -0.209. The van der Waals surface area contributed by atoms with Crippen molar-refractivity contribution in [3.8, 4) is 10.7 Å². The van der Waals surface area contributed by atoms with Gasteiger partial charge < -0.3 is 15.1 Å². The lowest BCUT2D eigenvalue weighted by Crippen LogP contribution is -2.44. The zero-order valence-corrected chi connectivity index (χ0v) is 18.8. The Morgan fingerprint density at radius 1 is 0.969 bits per heavy atom. The lowest BCUT2D eigenvalue weighted by atomic mass is 10.2. The normalized spacial score (nSPS) is 14.6. The number of hydrogen-bond acceptors (Lipinski definition) is 8. The van der Waals surface area contributed by atoms with Gasteiger partial charge in [0.05, 0.1) is 5.69 Å². The molecule has 0 aliphatic carbocycles. The summed E-state index contributed by atoms with van der Waals surface area (Å²) < 4.78 is 0. The van der Waals surface area contributed by atoms with Gasteiger partial charge >= 0.3 is 0 Å². The number of likely N-dealkylation sites (N-methyl/N-ethyl adjacent to an activating group) is 1. The Labute approximate surface area is 190 Å². The van der Waals surface area contributed by atoms with Gasteiger partial charge in [0.2, 0.25) is 0 Å². The predicted molar refractivity (Wildman–Crippen MR) is 127 cm³/mol. The van der Waals surface area contributed by atoms with E-state index in [0.29, 0.717) is 11.4 Å². The minimum absolute atomic E-state index is 0.209. The maximum absolute atomic E-state index is 12.9. The first-order valence-electron chi connectivity index (χ1n) is 10.4. The van der Waals surface area contributed by atoms with Crippen molar-refractivity contribution in [1.29, 1.82) is 0 Å². The van der Waals surface area contributed by atoms with Gasteiger partial charge in [-0.3, -0.25) is 9.78 Å². The van der Waals surface area contributed by atoms with Gasteiger partial charge in [-0.1, -0.05) is 0 Å². The number of pyridine rings is 3. The molecule has 1 amide bonds. The number of thiazole rings is 1. The van der Waals surface area contributed by atoms with Gasteiger partial charge in [0.1, 0.15) is 16.6 Å². The number of aryl methyl sites for hydroxylation is 1. The van der Waals surface area contributed by atoms with Gasteiger partial charge in [0.25, 0.3) is 5.91 Å². The molecule has 1 fully saturated rings. The van der Waals surface area contributed by atoms with Crippen LogP contribution in [0.5, 0.6) is 0 Å². The van der Waals surface area contributed by atoms with Crippen molar-refractivity contribution in [3.05, 3.63) is 59.5 Å². The van der Waals surface area contributed by atoms with E-state index in [-0.39, 0.29) is 5.91 Å². The summed E-state index contributed by atoms with van der Waals surface area (Å²) in [6, 6.07) is 7.40. The summed E-state index contributed by atoms with van der Waals surface area (Å²) in [5, 5.41) is 5.64. The molecule has 1 N–H and O–H groups in total. The number of nitrogens with one attached hydrogen (secondary N) is 1. The van der Waals surface area contributed by atoms with Crippen molar-refractivity contribution in [2.75, 3.05) is 43.4 Å². The number of nitrogens with zero attached hydrogens (tertiary/aromatic N) is 6. The van der Waals surface area contributed by atoms with Crippen LogP contribution in [0.3, 0.4) is 0 Å². The SMILES string of the molecule is Cc1cnc(-c2cc3cc(NC(=O)c4ccnc(N5CCN(C)CC5)c4)ncc3cn2)s1. The van der Waals surface area contributed by atoms with Gasteiger partial charge in [-0.15, -0.1) is 11.3 Å². The third-order valence-corrected chi connectivity index (χ3v) is 6.46. The molecule has 1 aliphatic rings. The minimum Gasteiger partial charge on any atom is -0.354 e. The molecule has 0 radical (unpaired) electrons. The first kappa shape index (κ1) is 20.5. The van der Waals surface area contributed by atoms with Crippen LogP contribution in [0.1, 0.15) is 15.2 Å². The van der Waals surface area contributed by atoms with Crippen LogP contribution in [0.15, 0.2) is 49.1 Å². The lowest BCUT2D eigenvalue weighted by Gasteiger charge is -2.33. The molecule has 8 nitrogen and oxygen atoms in total. The fourth-order valence-corrected chi connectivity index (χ4v) is 4.39. The molecule has 4 aromatic rings. The van der Waals surface area contributed by atoms with Crippen LogP contribution in [-0.2, 0) is 0 Å². The molecular weight excluding hydrogens is 422 g/mol. The topological polar surface area (TPSA) is 87.1 Å². The zero-order chi connectivity index (χ0) is 22.1. The van der Waals surface area contributed by atoms with E-state index >= 15 is 0 Å². The molecule has 0 unspecified atom stereocenters. The van der Waals surface area contributed by atoms with E-state index in [9.17, 15) is 4.79 Å². The molecule has 0 bridgehead atoms.